The van der Waals surface area contributed by atoms with Gasteiger partial charge in [-0.2, -0.15) is 0 Å². The van der Waals surface area contributed by atoms with Crippen LogP contribution in [0, 0.1) is 11.7 Å². The fourth-order valence-electron chi connectivity index (χ4n) is 3.17. The van der Waals surface area contributed by atoms with E-state index in [2.05, 4.69) is 26.7 Å². The molecule has 0 bridgehead atoms. The minimum Gasteiger partial charge on any atom is -0.385 e. The van der Waals surface area contributed by atoms with Gasteiger partial charge in [-0.15, -0.1) is 0 Å². The van der Waals surface area contributed by atoms with Crippen LogP contribution in [0.2, 0.25) is 5.02 Å². The standard InChI is InChI=1S/C20H17ClFN5/c21-14-2-1-3-15(22)19(14)26-20-18-10-23-11-27(18)17-8-13(6-7-16(17)25-20)24-9-12-4-5-12/h1-3,6-8,10-12,24H,4-5,9H2,(H,25,26). The molecule has 1 aliphatic carbocycles. The molecule has 1 saturated carbocycles. The van der Waals surface area contributed by atoms with Crippen molar-refractivity contribution in [3.63, 3.8) is 0 Å². The lowest BCUT2D eigenvalue weighted by molar-refractivity contribution is 0.632. The molecule has 0 aliphatic heterocycles. The molecule has 4 aromatic rings. The van der Waals surface area contributed by atoms with E-state index in [1.807, 2.05) is 16.5 Å². The highest BCUT2D eigenvalue weighted by Crippen LogP contribution is 2.32. The first-order valence-corrected chi connectivity index (χ1v) is 9.27. The summed E-state index contributed by atoms with van der Waals surface area (Å²) in [7, 11) is 0. The Morgan fingerprint density at radius 1 is 1.19 bits per heavy atom. The highest BCUT2D eigenvalue weighted by Gasteiger charge is 2.20. The van der Waals surface area contributed by atoms with Crippen LogP contribution in [0.5, 0.6) is 0 Å². The summed E-state index contributed by atoms with van der Waals surface area (Å²) in [6.07, 6.45) is 6.05. The molecule has 7 heteroatoms. The number of nitrogens with one attached hydrogen (secondary N) is 2. The van der Waals surface area contributed by atoms with Gasteiger partial charge in [0.15, 0.2) is 5.82 Å². The summed E-state index contributed by atoms with van der Waals surface area (Å²) in [5.74, 6) is 0.872. The summed E-state index contributed by atoms with van der Waals surface area (Å²) < 4.78 is 16.1. The smallest absolute Gasteiger partial charge is 0.157 e. The second kappa shape index (κ2) is 6.39. The SMILES string of the molecule is Fc1cccc(Cl)c1Nc1nc2ccc(NCC3CC3)cc2n2cncc12. The van der Waals surface area contributed by atoms with Crippen molar-refractivity contribution in [3.8, 4) is 0 Å². The maximum Gasteiger partial charge on any atom is 0.157 e. The molecule has 0 unspecified atom stereocenters. The van der Waals surface area contributed by atoms with Crippen LogP contribution in [0.25, 0.3) is 16.6 Å². The van der Waals surface area contributed by atoms with Gasteiger partial charge in [0, 0.05) is 12.2 Å². The van der Waals surface area contributed by atoms with Crippen molar-refractivity contribution >= 4 is 45.3 Å². The normalized spacial score (nSPS) is 14.0. The first-order valence-electron chi connectivity index (χ1n) is 8.90. The molecule has 27 heavy (non-hydrogen) atoms. The van der Waals surface area contributed by atoms with Crippen molar-refractivity contribution in [1.82, 2.24) is 14.4 Å². The molecular formula is C20H17ClFN5. The second-order valence-corrected chi connectivity index (χ2v) is 7.27. The molecule has 2 aromatic carbocycles. The maximum absolute atomic E-state index is 14.2. The number of benzene rings is 2. The summed E-state index contributed by atoms with van der Waals surface area (Å²) in [6.45, 7) is 0.997. The van der Waals surface area contributed by atoms with E-state index < -0.39 is 5.82 Å². The molecule has 5 rings (SSSR count). The Morgan fingerprint density at radius 2 is 2.07 bits per heavy atom. The lowest BCUT2D eigenvalue weighted by Gasteiger charge is -2.13. The number of aromatic nitrogens is 3. The average molecular weight is 382 g/mol. The van der Waals surface area contributed by atoms with Gasteiger partial charge in [0.2, 0.25) is 0 Å². The summed E-state index contributed by atoms with van der Waals surface area (Å²) in [6, 6.07) is 10.6. The largest absolute Gasteiger partial charge is 0.385 e. The Hall–Kier alpha value is -2.86. The van der Waals surface area contributed by atoms with Crippen LogP contribution in [0.15, 0.2) is 48.9 Å². The van der Waals surface area contributed by atoms with Crippen molar-refractivity contribution in [2.45, 2.75) is 12.8 Å². The molecule has 0 saturated heterocycles. The fourth-order valence-corrected chi connectivity index (χ4v) is 3.38. The Labute approximate surface area is 160 Å². The van der Waals surface area contributed by atoms with E-state index in [1.54, 1.807) is 24.7 Å². The molecule has 0 spiro atoms. The number of anilines is 3. The Bertz CT molecular complexity index is 1130. The predicted octanol–water partition coefficient (Wildman–Crippen LogP) is 5.24. The number of imidazole rings is 1. The third-order valence-electron chi connectivity index (χ3n) is 4.85. The number of fused-ring (bicyclic) bond motifs is 3. The van der Waals surface area contributed by atoms with E-state index in [-0.39, 0.29) is 5.69 Å². The van der Waals surface area contributed by atoms with Crippen LogP contribution in [-0.2, 0) is 0 Å². The molecule has 0 radical (unpaired) electrons. The van der Waals surface area contributed by atoms with Crippen molar-refractivity contribution in [3.05, 3.63) is 59.8 Å². The van der Waals surface area contributed by atoms with E-state index in [9.17, 15) is 4.39 Å². The minimum absolute atomic E-state index is 0.205. The van der Waals surface area contributed by atoms with Gasteiger partial charge >= 0.3 is 0 Å². The average Bonchev–Trinajstić information content (AvgIpc) is 3.36. The Balaban J connectivity index is 1.58. The zero-order valence-corrected chi connectivity index (χ0v) is 15.2. The van der Waals surface area contributed by atoms with E-state index in [0.29, 0.717) is 10.8 Å². The van der Waals surface area contributed by atoms with E-state index in [0.717, 1.165) is 34.7 Å². The Kier molecular flexibility index (Phi) is 3.86. The van der Waals surface area contributed by atoms with E-state index in [1.165, 1.54) is 18.9 Å². The first-order chi connectivity index (χ1) is 13.2. The van der Waals surface area contributed by atoms with Gasteiger partial charge in [0.1, 0.15) is 11.3 Å². The number of rotatable bonds is 5. The van der Waals surface area contributed by atoms with Crippen LogP contribution in [0.1, 0.15) is 12.8 Å². The zero-order chi connectivity index (χ0) is 18.4. The molecule has 136 valence electrons. The van der Waals surface area contributed by atoms with Crippen molar-refractivity contribution < 1.29 is 4.39 Å². The monoisotopic (exact) mass is 381 g/mol. The molecule has 0 amide bonds. The molecule has 2 N–H and O–H groups in total. The van der Waals surface area contributed by atoms with Crippen molar-refractivity contribution in [2.24, 2.45) is 5.92 Å². The maximum atomic E-state index is 14.2. The summed E-state index contributed by atoms with van der Waals surface area (Å²) in [5, 5.41) is 6.81. The van der Waals surface area contributed by atoms with Crippen LogP contribution >= 0.6 is 11.6 Å². The quantitative estimate of drug-likeness (QED) is 0.496. The number of para-hydroxylation sites is 1. The third kappa shape index (κ3) is 3.06. The van der Waals surface area contributed by atoms with E-state index in [4.69, 9.17) is 11.6 Å². The van der Waals surface area contributed by atoms with Crippen LogP contribution < -0.4 is 10.6 Å². The first kappa shape index (κ1) is 16.3. The minimum atomic E-state index is -0.429. The van der Waals surface area contributed by atoms with Crippen LogP contribution in [-0.4, -0.2) is 20.9 Å². The summed E-state index contributed by atoms with van der Waals surface area (Å²) in [5.41, 5.74) is 3.74. The lowest BCUT2D eigenvalue weighted by atomic mass is 10.2. The Morgan fingerprint density at radius 3 is 2.89 bits per heavy atom. The summed E-state index contributed by atoms with van der Waals surface area (Å²) >= 11 is 6.15. The van der Waals surface area contributed by atoms with Crippen LogP contribution in [0.4, 0.5) is 21.6 Å². The van der Waals surface area contributed by atoms with Crippen molar-refractivity contribution in [1.29, 1.82) is 0 Å². The van der Waals surface area contributed by atoms with Gasteiger partial charge in [-0.25, -0.2) is 14.4 Å². The summed E-state index contributed by atoms with van der Waals surface area (Å²) in [4.78, 5) is 8.93. The lowest BCUT2D eigenvalue weighted by Crippen LogP contribution is -2.04. The molecule has 1 fully saturated rings. The molecule has 2 heterocycles. The number of hydrogen-bond acceptors (Lipinski definition) is 4. The molecular weight excluding hydrogens is 365 g/mol. The van der Waals surface area contributed by atoms with Gasteiger partial charge in [-0.05, 0) is 49.1 Å². The molecule has 0 atom stereocenters. The van der Waals surface area contributed by atoms with Gasteiger partial charge in [0.25, 0.3) is 0 Å². The van der Waals surface area contributed by atoms with Gasteiger partial charge in [-0.3, -0.25) is 4.40 Å². The fraction of sp³-hybridized carbons (Fsp3) is 0.200. The molecule has 2 aromatic heterocycles. The van der Waals surface area contributed by atoms with Gasteiger partial charge in [0.05, 0.1) is 34.3 Å². The third-order valence-corrected chi connectivity index (χ3v) is 5.16. The van der Waals surface area contributed by atoms with Crippen LogP contribution in [0.3, 0.4) is 0 Å². The number of halogens is 2. The zero-order valence-electron chi connectivity index (χ0n) is 14.4. The highest BCUT2D eigenvalue weighted by atomic mass is 35.5. The molecule has 1 aliphatic rings. The van der Waals surface area contributed by atoms with Gasteiger partial charge < -0.3 is 10.6 Å². The number of nitrogens with zero attached hydrogens (tertiary/aromatic N) is 3. The molecule has 5 nitrogen and oxygen atoms in total. The number of hydrogen-bond donors (Lipinski definition) is 2. The van der Waals surface area contributed by atoms with Gasteiger partial charge in [-0.1, -0.05) is 17.7 Å². The second-order valence-electron chi connectivity index (χ2n) is 6.86. The van der Waals surface area contributed by atoms with E-state index >= 15 is 0 Å². The van der Waals surface area contributed by atoms with Crippen molar-refractivity contribution in [2.75, 3.05) is 17.2 Å². The highest BCUT2D eigenvalue weighted by molar-refractivity contribution is 6.33. The topological polar surface area (TPSA) is 54.2 Å². The predicted molar refractivity (Wildman–Crippen MR) is 106 cm³/mol.